The number of hydrogen-bond donors (Lipinski definition) is 0. The van der Waals surface area contributed by atoms with Crippen molar-refractivity contribution >= 4 is 26.2 Å². The molecular formula is C13H23F6OPS. The summed E-state index contributed by atoms with van der Waals surface area (Å²) in [6.45, 7) is 0. The first-order valence-electron chi connectivity index (χ1n) is 7.50. The molecule has 1 atom stereocenters. The zero-order valence-electron chi connectivity index (χ0n) is 12.3. The third kappa shape index (κ3) is 9.93. The minimum Gasteiger partial charge on any atom is -0.294 e. The molecule has 0 amide bonds. The van der Waals surface area contributed by atoms with Crippen LogP contribution in [-0.2, 0) is 17.4 Å². The number of carbonyl (C=O) groups is 1. The topological polar surface area (TPSA) is 17.1 Å². The van der Waals surface area contributed by atoms with Gasteiger partial charge < -0.3 is 0 Å². The molecule has 2 aliphatic carbocycles. The van der Waals surface area contributed by atoms with Crippen LogP contribution in [0.1, 0.15) is 64.2 Å². The fraction of sp³-hybridized carbons (Fsp3) is 0.923. The number of rotatable bonds is 2. The molecular weight excluding hydrogens is 349 g/mol. The molecule has 0 saturated heterocycles. The Balaban J connectivity index is 0.000000295. The van der Waals surface area contributed by atoms with Crippen molar-refractivity contribution in [2.45, 2.75) is 69.0 Å². The van der Waals surface area contributed by atoms with E-state index in [4.69, 9.17) is 0 Å². The largest absolute Gasteiger partial charge is 0.294 e. The summed E-state index contributed by atoms with van der Waals surface area (Å²) in [5.74, 6) is 1.27. The minimum absolute atomic E-state index is 0.139. The molecule has 0 radical (unpaired) electrons. The van der Waals surface area contributed by atoms with Crippen molar-refractivity contribution < 1.29 is 30.0 Å². The number of ketones is 1. The van der Waals surface area contributed by atoms with Crippen LogP contribution >= 0.6 is 7.81 Å². The molecule has 2 fully saturated rings. The average Bonchev–Trinajstić information content (AvgIpc) is 2.30. The van der Waals surface area contributed by atoms with Crippen LogP contribution in [0.5, 0.6) is 0 Å². The van der Waals surface area contributed by atoms with Crippen LogP contribution in [0, 0.1) is 5.92 Å². The van der Waals surface area contributed by atoms with Gasteiger partial charge in [0.05, 0.1) is 0 Å². The van der Waals surface area contributed by atoms with Gasteiger partial charge in [-0.2, -0.15) is 0 Å². The second-order valence-corrected chi connectivity index (χ2v) is 9.25. The van der Waals surface area contributed by atoms with Gasteiger partial charge in [0.1, 0.15) is 0 Å². The Hall–Kier alpha value is 0.0300. The predicted octanol–water partition coefficient (Wildman–Crippen LogP) is 6.23. The molecule has 0 spiro atoms. The summed E-state index contributed by atoms with van der Waals surface area (Å²) in [6, 6.07) is 0. The Morgan fingerprint density at radius 2 is 1.45 bits per heavy atom. The molecule has 0 N–H and O–H groups in total. The maximum atomic E-state index is 11.9. The van der Waals surface area contributed by atoms with Gasteiger partial charge in [-0.05, 0) is 31.4 Å². The van der Waals surface area contributed by atoms with Crippen LogP contribution in [0.2, 0.25) is 0 Å². The average molecular weight is 372 g/mol. The second-order valence-electron chi connectivity index (χ2n) is 6.38. The first-order valence-corrected chi connectivity index (χ1v) is 10.0. The van der Waals surface area contributed by atoms with Gasteiger partial charge in [-0.3, -0.25) is 4.79 Å². The van der Waals surface area contributed by atoms with Crippen molar-refractivity contribution in [3.8, 4) is 0 Å². The molecule has 2 aliphatic rings. The zero-order chi connectivity index (χ0) is 17.1. The van der Waals surface area contributed by atoms with E-state index in [2.05, 4.69) is 12.6 Å². The molecule has 0 aromatic rings. The Kier molecular flexibility index (Phi) is 5.61. The van der Waals surface area contributed by atoms with E-state index in [-0.39, 0.29) is 4.75 Å². The summed E-state index contributed by atoms with van der Waals surface area (Å²) in [5.41, 5.74) is 0. The molecule has 2 rings (SSSR count). The maximum absolute atomic E-state index is 11.9. The van der Waals surface area contributed by atoms with Gasteiger partial charge in [-0.15, -0.1) is 0 Å². The Morgan fingerprint density at radius 3 is 1.91 bits per heavy atom. The summed E-state index contributed by atoms with van der Waals surface area (Å²) >= 11 is 3.80. The number of carbonyl (C=O) groups excluding carboxylic acids is 1. The van der Waals surface area contributed by atoms with E-state index in [1.807, 2.05) is 0 Å². The molecule has 0 aliphatic heterocycles. The van der Waals surface area contributed by atoms with E-state index < -0.39 is 7.81 Å². The molecule has 0 aromatic carbocycles. The normalized spacial score (nSPS) is 30.8. The monoisotopic (exact) mass is 372 g/mol. The number of halogens is 6. The standard InChI is InChI=1S/C13H22OS.F6P/c14-12-8-4-5-9-13(12,15)10-11-6-2-1-3-7-11;1-7(2,3,4,5)6/h11,15H,1-10H2;/q;-1/p+1. The molecule has 22 heavy (non-hydrogen) atoms. The van der Waals surface area contributed by atoms with Gasteiger partial charge in [0.15, 0.2) is 10.5 Å². The van der Waals surface area contributed by atoms with Crippen LogP contribution < -0.4 is 0 Å². The van der Waals surface area contributed by atoms with Gasteiger partial charge in [0, 0.05) is 19.3 Å². The maximum Gasteiger partial charge on any atom is 0.187 e. The van der Waals surface area contributed by atoms with Crippen LogP contribution in [-0.4, -0.2) is 10.5 Å². The van der Waals surface area contributed by atoms with Crippen LogP contribution in [0.25, 0.3) is 0 Å². The van der Waals surface area contributed by atoms with E-state index in [0.717, 1.165) is 31.6 Å². The van der Waals surface area contributed by atoms with Crippen LogP contribution in [0.15, 0.2) is 0 Å². The summed E-state index contributed by atoms with van der Waals surface area (Å²) in [4.78, 5) is 11.9. The molecule has 9 heteroatoms. The summed E-state index contributed by atoms with van der Waals surface area (Å²) in [7, 11) is -10.7. The van der Waals surface area contributed by atoms with Crippen molar-refractivity contribution in [1.29, 1.82) is 0 Å². The molecule has 0 aromatic heterocycles. The van der Waals surface area contributed by atoms with Gasteiger partial charge in [0.2, 0.25) is 0 Å². The Labute approximate surface area is 131 Å². The second kappa shape index (κ2) is 6.15. The predicted molar refractivity (Wildman–Crippen MR) is 81.1 cm³/mol. The van der Waals surface area contributed by atoms with Gasteiger partial charge in [-0.25, -0.2) is 0 Å². The third-order valence-corrected chi connectivity index (χ3v) is 4.89. The molecule has 1 nitrogen and oxygen atoms in total. The van der Waals surface area contributed by atoms with E-state index in [9.17, 15) is 30.0 Å². The van der Waals surface area contributed by atoms with Crippen molar-refractivity contribution in [2.24, 2.45) is 5.92 Å². The molecule has 1 unspecified atom stereocenters. The van der Waals surface area contributed by atoms with Crippen molar-refractivity contribution in [3.05, 3.63) is 0 Å². The van der Waals surface area contributed by atoms with Crippen molar-refractivity contribution in [1.82, 2.24) is 0 Å². The van der Waals surface area contributed by atoms with Gasteiger partial charge in [0.25, 0.3) is 0 Å². The quantitative estimate of drug-likeness (QED) is 0.319. The fourth-order valence-electron chi connectivity index (χ4n) is 3.19. The third-order valence-electron chi connectivity index (χ3n) is 4.15. The van der Waals surface area contributed by atoms with Crippen LogP contribution in [0.3, 0.4) is 0 Å². The van der Waals surface area contributed by atoms with E-state index in [1.165, 1.54) is 38.5 Å². The minimum atomic E-state index is -10.7. The van der Waals surface area contributed by atoms with Crippen LogP contribution in [0.4, 0.5) is 25.2 Å². The first-order chi connectivity index (χ1) is 9.66. The smallest absolute Gasteiger partial charge is 0.187 e. The number of hydrogen-bond acceptors (Lipinski definition) is 1. The molecule has 0 bridgehead atoms. The molecule has 134 valence electrons. The van der Waals surface area contributed by atoms with Gasteiger partial charge >= 0.3 is 33.0 Å². The van der Waals surface area contributed by atoms with E-state index >= 15 is 0 Å². The van der Waals surface area contributed by atoms with Crippen molar-refractivity contribution in [2.75, 3.05) is 0 Å². The molecule has 0 heterocycles. The first kappa shape index (κ1) is 20.1. The SMILES string of the molecule is F[P-](F)(F)(F)(F)F.O=C1CCCCC1([SH2+])CC1CCCCC1. The Morgan fingerprint density at radius 1 is 0.955 bits per heavy atom. The van der Waals surface area contributed by atoms with Crippen molar-refractivity contribution in [3.63, 3.8) is 0 Å². The Bertz CT molecular complexity index is 392. The number of Topliss-reactive ketones (excluding diaryl/α,β-unsaturated/α-hetero) is 1. The van der Waals surface area contributed by atoms with E-state index in [1.54, 1.807) is 0 Å². The zero-order valence-corrected chi connectivity index (χ0v) is 14.2. The summed E-state index contributed by atoms with van der Waals surface area (Å²) in [5, 5.41) is 0. The fourth-order valence-corrected chi connectivity index (χ4v) is 3.78. The van der Waals surface area contributed by atoms with Gasteiger partial charge in [-0.1, -0.05) is 32.1 Å². The van der Waals surface area contributed by atoms with E-state index in [0.29, 0.717) is 5.78 Å². The summed E-state index contributed by atoms with van der Waals surface area (Å²) in [6.07, 6.45) is 12.1. The molecule has 2 saturated carbocycles. The summed E-state index contributed by atoms with van der Waals surface area (Å²) < 4.78 is 59.1.